The lowest BCUT2D eigenvalue weighted by Crippen LogP contribution is -2.14. The molecule has 0 radical (unpaired) electrons. The Hall–Kier alpha value is -1.60. The predicted molar refractivity (Wildman–Crippen MR) is 77.7 cm³/mol. The molecule has 0 fully saturated rings. The Morgan fingerprint density at radius 1 is 1.29 bits per heavy atom. The lowest BCUT2D eigenvalue weighted by atomic mass is 10.1. The third kappa shape index (κ3) is 8.31. The van der Waals surface area contributed by atoms with Crippen LogP contribution in [0.5, 0.6) is 5.75 Å². The number of carbonyl (C=O) groups is 1. The lowest BCUT2D eigenvalue weighted by molar-refractivity contribution is -0.145. The van der Waals surface area contributed by atoms with Crippen molar-refractivity contribution in [1.82, 2.24) is 0 Å². The second-order valence-corrected chi connectivity index (χ2v) is 6.01. The molecule has 0 unspecified atom stereocenters. The number of ether oxygens (including phenoxy) is 2. The highest BCUT2D eigenvalue weighted by molar-refractivity contribution is 7.85. The van der Waals surface area contributed by atoms with Gasteiger partial charge in [-0.05, 0) is 37.5 Å². The van der Waals surface area contributed by atoms with Gasteiger partial charge in [-0.2, -0.15) is 8.42 Å². The van der Waals surface area contributed by atoms with Crippen molar-refractivity contribution in [3.8, 4) is 5.75 Å². The molecule has 0 aliphatic heterocycles. The SMILES string of the molecule is CCOC(=O)COc1cccc(CCCOS(C)(=O)=O)c1. The van der Waals surface area contributed by atoms with E-state index in [9.17, 15) is 13.2 Å². The molecule has 0 heterocycles. The van der Waals surface area contributed by atoms with Crippen LogP contribution < -0.4 is 4.74 Å². The number of benzene rings is 1. The molecule has 118 valence electrons. The van der Waals surface area contributed by atoms with Gasteiger partial charge >= 0.3 is 5.97 Å². The normalized spacial score (nSPS) is 11.1. The molecule has 1 aromatic rings. The van der Waals surface area contributed by atoms with Gasteiger partial charge in [-0.3, -0.25) is 4.18 Å². The highest BCUT2D eigenvalue weighted by atomic mass is 32.2. The molecule has 0 saturated heterocycles. The first-order valence-electron chi connectivity index (χ1n) is 6.62. The van der Waals surface area contributed by atoms with Crippen LogP contribution in [0.1, 0.15) is 18.9 Å². The van der Waals surface area contributed by atoms with Crippen molar-refractivity contribution < 1.29 is 26.9 Å². The van der Waals surface area contributed by atoms with Crippen LogP contribution in [0.25, 0.3) is 0 Å². The van der Waals surface area contributed by atoms with Gasteiger partial charge in [0.15, 0.2) is 6.61 Å². The smallest absolute Gasteiger partial charge is 0.344 e. The summed E-state index contributed by atoms with van der Waals surface area (Å²) in [6.45, 7) is 2.07. The van der Waals surface area contributed by atoms with E-state index in [4.69, 9.17) is 9.47 Å². The van der Waals surface area contributed by atoms with E-state index in [0.29, 0.717) is 25.2 Å². The predicted octanol–water partition coefficient (Wildman–Crippen LogP) is 1.54. The molecule has 0 aliphatic carbocycles. The monoisotopic (exact) mass is 316 g/mol. The van der Waals surface area contributed by atoms with Crippen LogP contribution in [0, 0.1) is 0 Å². The van der Waals surface area contributed by atoms with Gasteiger partial charge in [0.1, 0.15) is 5.75 Å². The van der Waals surface area contributed by atoms with Crippen LogP contribution >= 0.6 is 0 Å². The van der Waals surface area contributed by atoms with Crippen molar-refractivity contribution >= 4 is 16.1 Å². The van der Waals surface area contributed by atoms with E-state index in [0.717, 1.165) is 11.8 Å². The first-order valence-corrected chi connectivity index (χ1v) is 8.44. The highest BCUT2D eigenvalue weighted by Gasteiger charge is 2.04. The van der Waals surface area contributed by atoms with Crippen LogP contribution in [0.15, 0.2) is 24.3 Å². The number of aryl methyl sites for hydroxylation is 1. The van der Waals surface area contributed by atoms with Gasteiger partial charge in [0.2, 0.25) is 0 Å². The van der Waals surface area contributed by atoms with Gasteiger partial charge in [-0.25, -0.2) is 4.79 Å². The second kappa shape index (κ2) is 8.63. The minimum atomic E-state index is -3.39. The maximum Gasteiger partial charge on any atom is 0.344 e. The van der Waals surface area contributed by atoms with Crippen LogP contribution in [0.3, 0.4) is 0 Å². The van der Waals surface area contributed by atoms with Gasteiger partial charge in [0, 0.05) is 0 Å². The third-order valence-electron chi connectivity index (χ3n) is 2.47. The molecule has 1 rings (SSSR count). The summed E-state index contributed by atoms with van der Waals surface area (Å²) in [5.41, 5.74) is 0.980. The minimum absolute atomic E-state index is 0.130. The summed E-state index contributed by atoms with van der Waals surface area (Å²) in [5, 5.41) is 0. The number of carbonyl (C=O) groups excluding carboxylic acids is 1. The van der Waals surface area contributed by atoms with Crippen molar-refractivity contribution in [3.63, 3.8) is 0 Å². The van der Waals surface area contributed by atoms with Crippen LogP contribution in [0.2, 0.25) is 0 Å². The molecule has 0 bridgehead atoms. The summed E-state index contributed by atoms with van der Waals surface area (Å²) in [7, 11) is -3.39. The van der Waals surface area contributed by atoms with E-state index in [1.807, 2.05) is 12.1 Å². The van der Waals surface area contributed by atoms with Crippen LogP contribution in [-0.4, -0.2) is 40.5 Å². The average molecular weight is 316 g/mol. The molecule has 21 heavy (non-hydrogen) atoms. The summed E-state index contributed by atoms with van der Waals surface area (Å²) >= 11 is 0. The summed E-state index contributed by atoms with van der Waals surface area (Å²) in [4.78, 5) is 11.2. The molecule has 0 aromatic heterocycles. The van der Waals surface area contributed by atoms with E-state index in [1.165, 1.54) is 0 Å². The van der Waals surface area contributed by atoms with E-state index in [1.54, 1.807) is 19.1 Å². The summed E-state index contributed by atoms with van der Waals surface area (Å²) in [6, 6.07) is 7.26. The molecule has 1 aromatic carbocycles. The summed E-state index contributed by atoms with van der Waals surface area (Å²) < 4.78 is 36.4. The van der Waals surface area contributed by atoms with Gasteiger partial charge in [0.25, 0.3) is 10.1 Å². The molecule has 0 spiro atoms. The van der Waals surface area contributed by atoms with E-state index in [2.05, 4.69) is 4.18 Å². The maximum atomic E-state index is 11.2. The standard InChI is InChI=1S/C14H20O6S/c1-3-18-14(15)11-19-13-8-4-6-12(10-13)7-5-9-20-21(2,16)17/h4,6,8,10H,3,5,7,9,11H2,1-2H3. The second-order valence-electron chi connectivity index (χ2n) is 4.37. The Morgan fingerprint density at radius 2 is 2.05 bits per heavy atom. The fourth-order valence-electron chi connectivity index (χ4n) is 1.62. The summed E-state index contributed by atoms with van der Waals surface area (Å²) in [5.74, 6) is 0.161. The zero-order valence-electron chi connectivity index (χ0n) is 12.2. The van der Waals surface area contributed by atoms with Gasteiger partial charge in [0.05, 0.1) is 19.5 Å². The van der Waals surface area contributed by atoms with Crippen molar-refractivity contribution in [3.05, 3.63) is 29.8 Å². The number of esters is 1. The van der Waals surface area contributed by atoms with E-state index < -0.39 is 16.1 Å². The van der Waals surface area contributed by atoms with Crippen molar-refractivity contribution in [2.24, 2.45) is 0 Å². The largest absolute Gasteiger partial charge is 0.482 e. The highest BCUT2D eigenvalue weighted by Crippen LogP contribution is 2.15. The maximum absolute atomic E-state index is 11.2. The van der Waals surface area contributed by atoms with Crippen LogP contribution in [0.4, 0.5) is 0 Å². The molecule has 0 saturated carbocycles. The van der Waals surface area contributed by atoms with Crippen molar-refractivity contribution in [1.29, 1.82) is 0 Å². The Morgan fingerprint density at radius 3 is 2.71 bits per heavy atom. The fourth-order valence-corrected chi connectivity index (χ4v) is 2.04. The summed E-state index contributed by atoms with van der Waals surface area (Å²) in [6.07, 6.45) is 2.26. The molecule has 0 aliphatic rings. The van der Waals surface area contributed by atoms with Gasteiger partial charge < -0.3 is 9.47 Å². The average Bonchev–Trinajstić information content (AvgIpc) is 2.41. The van der Waals surface area contributed by atoms with E-state index >= 15 is 0 Å². The number of hydrogen-bond acceptors (Lipinski definition) is 6. The van der Waals surface area contributed by atoms with Crippen LogP contribution in [-0.2, 0) is 30.3 Å². The molecule has 0 atom stereocenters. The molecule has 6 nitrogen and oxygen atoms in total. The fraction of sp³-hybridized carbons (Fsp3) is 0.500. The molecule has 0 amide bonds. The Kier molecular flexibility index (Phi) is 7.18. The zero-order chi connectivity index (χ0) is 15.7. The first-order chi connectivity index (χ1) is 9.90. The number of hydrogen-bond donors (Lipinski definition) is 0. The zero-order valence-corrected chi connectivity index (χ0v) is 13.0. The van der Waals surface area contributed by atoms with Gasteiger partial charge in [-0.1, -0.05) is 12.1 Å². The quantitative estimate of drug-likeness (QED) is 0.390. The molecule has 7 heteroatoms. The first kappa shape index (κ1) is 17.5. The van der Waals surface area contributed by atoms with Crippen molar-refractivity contribution in [2.75, 3.05) is 26.1 Å². The molecular weight excluding hydrogens is 296 g/mol. The lowest BCUT2D eigenvalue weighted by Gasteiger charge is -2.07. The van der Waals surface area contributed by atoms with E-state index in [-0.39, 0.29) is 13.2 Å². The Labute approximate surface area is 125 Å². The third-order valence-corrected chi connectivity index (χ3v) is 3.06. The minimum Gasteiger partial charge on any atom is -0.482 e. The Bertz CT molecular complexity index is 552. The molecule has 0 N–H and O–H groups in total. The van der Waals surface area contributed by atoms with Crippen molar-refractivity contribution in [2.45, 2.75) is 19.8 Å². The Balaban J connectivity index is 2.40. The topological polar surface area (TPSA) is 78.9 Å². The molecular formula is C14H20O6S. The number of rotatable bonds is 9. The van der Waals surface area contributed by atoms with Gasteiger partial charge in [-0.15, -0.1) is 0 Å².